The Hall–Kier alpha value is -1.89. The third-order valence-electron chi connectivity index (χ3n) is 3.71. The molecular formula is C12H16N2O5. The van der Waals surface area contributed by atoms with Crippen molar-refractivity contribution >= 4 is 11.9 Å². The lowest BCUT2D eigenvalue weighted by molar-refractivity contribution is -0.159. The van der Waals surface area contributed by atoms with E-state index in [0.717, 1.165) is 5.76 Å². The third-order valence-corrected chi connectivity index (χ3v) is 3.71. The van der Waals surface area contributed by atoms with Gasteiger partial charge in [-0.25, -0.2) is 9.59 Å². The van der Waals surface area contributed by atoms with Gasteiger partial charge in [0.25, 0.3) is 0 Å². The summed E-state index contributed by atoms with van der Waals surface area (Å²) >= 11 is 0. The van der Waals surface area contributed by atoms with Gasteiger partial charge in [0.2, 0.25) is 0 Å². The maximum Gasteiger partial charge on any atom is 0.414 e. The second-order valence-corrected chi connectivity index (χ2v) is 4.90. The fourth-order valence-electron chi connectivity index (χ4n) is 2.81. The van der Waals surface area contributed by atoms with E-state index < -0.39 is 11.9 Å². The van der Waals surface area contributed by atoms with Crippen molar-refractivity contribution in [3.8, 4) is 0 Å². The predicted octanol–water partition coefficient (Wildman–Crippen LogP) is 0.568. The van der Waals surface area contributed by atoms with Crippen molar-refractivity contribution in [1.29, 1.82) is 0 Å². The summed E-state index contributed by atoms with van der Waals surface area (Å²) in [5.74, 6) is -2.54. The number of hydrogen-bond donors (Lipinski definition) is 2. The lowest BCUT2D eigenvalue weighted by atomic mass is 9.79. The minimum absolute atomic E-state index is 0.314. The Morgan fingerprint density at radius 2 is 2.00 bits per heavy atom. The Morgan fingerprint density at radius 3 is 2.58 bits per heavy atom. The lowest BCUT2D eigenvalue weighted by Gasteiger charge is -2.31. The molecule has 0 spiro atoms. The van der Waals surface area contributed by atoms with Crippen LogP contribution in [0.15, 0.2) is 16.8 Å². The first-order chi connectivity index (χ1) is 9.03. The van der Waals surface area contributed by atoms with Crippen LogP contribution in [-0.4, -0.2) is 51.8 Å². The second-order valence-electron chi connectivity index (χ2n) is 4.90. The van der Waals surface area contributed by atoms with E-state index in [1.54, 1.807) is 6.20 Å². The van der Waals surface area contributed by atoms with Gasteiger partial charge in [-0.3, -0.25) is 0 Å². The standard InChI is InChI=1S/C10H14N2O.C2H2O4/c1-3-10(9-2-5-11-13-9)4-7-12(6-1)8-10;3-1(4)2(5)6/h2,5H,1,3-4,6-8H2;(H,3,4)(H,5,6). The second kappa shape index (κ2) is 5.40. The van der Waals surface area contributed by atoms with Crippen LogP contribution >= 0.6 is 0 Å². The summed E-state index contributed by atoms with van der Waals surface area (Å²) in [5.41, 5.74) is 0.314. The van der Waals surface area contributed by atoms with E-state index >= 15 is 0 Å². The van der Waals surface area contributed by atoms with Gasteiger partial charge in [0, 0.05) is 18.0 Å². The molecule has 2 aliphatic heterocycles. The van der Waals surface area contributed by atoms with Crippen LogP contribution in [0, 0.1) is 0 Å². The van der Waals surface area contributed by atoms with Crippen LogP contribution in [0.25, 0.3) is 0 Å². The van der Waals surface area contributed by atoms with Gasteiger partial charge in [-0.2, -0.15) is 0 Å². The van der Waals surface area contributed by atoms with Crippen molar-refractivity contribution in [1.82, 2.24) is 10.1 Å². The first-order valence-electron chi connectivity index (χ1n) is 6.13. The highest BCUT2D eigenvalue weighted by Gasteiger charge is 2.44. The Balaban J connectivity index is 0.000000192. The first-order valence-corrected chi connectivity index (χ1v) is 6.13. The molecule has 0 aliphatic carbocycles. The van der Waals surface area contributed by atoms with Gasteiger partial charge in [0.15, 0.2) is 0 Å². The average Bonchev–Trinajstić information content (AvgIpc) is 3.00. The number of aromatic nitrogens is 1. The Kier molecular flexibility index (Phi) is 3.84. The van der Waals surface area contributed by atoms with E-state index in [-0.39, 0.29) is 0 Å². The van der Waals surface area contributed by atoms with Crippen molar-refractivity contribution in [3.63, 3.8) is 0 Å². The molecule has 2 fully saturated rings. The molecule has 2 bridgehead atoms. The molecule has 19 heavy (non-hydrogen) atoms. The number of aliphatic carboxylic acids is 2. The summed E-state index contributed by atoms with van der Waals surface area (Å²) in [5, 5.41) is 18.6. The van der Waals surface area contributed by atoms with Crippen LogP contribution in [0.3, 0.4) is 0 Å². The maximum atomic E-state index is 9.10. The summed E-state index contributed by atoms with van der Waals surface area (Å²) in [7, 11) is 0. The highest BCUT2D eigenvalue weighted by Crippen LogP contribution is 2.41. The number of hydrogen-bond acceptors (Lipinski definition) is 5. The largest absolute Gasteiger partial charge is 0.473 e. The van der Waals surface area contributed by atoms with E-state index in [0.29, 0.717) is 5.41 Å². The normalized spacial score (nSPS) is 28.3. The van der Waals surface area contributed by atoms with E-state index in [9.17, 15) is 0 Å². The van der Waals surface area contributed by atoms with E-state index in [2.05, 4.69) is 10.1 Å². The van der Waals surface area contributed by atoms with Gasteiger partial charge >= 0.3 is 11.9 Å². The first kappa shape index (κ1) is 13.5. The molecule has 3 rings (SSSR count). The summed E-state index contributed by atoms with van der Waals surface area (Å²) in [6, 6.07) is 2.04. The molecule has 0 aromatic carbocycles. The smallest absolute Gasteiger partial charge is 0.414 e. The molecule has 7 heteroatoms. The van der Waals surface area contributed by atoms with Crippen LogP contribution < -0.4 is 0 Å². The maximum absolute atomic E-state index is 9.10. The van der Waals surface area contributed by atoms with Crippen LogP contribution in [-0.2, 0) is 15.0 Å². The fourth-order valence-corrected chi connectivity index (χ4v) is 2.81. The monoisotopic (exact) mass is 268 g/mol. The quantitative estimate of drug-likeness (QED) is 0.717. The average molecular weight is 268 g/mol. The van der Waals surface area contributed by atoms with Crippen molar-refractivity contribution in [2.45, 2.75) is 24.7 Å². The molecule has 2 aliphatic rings. The molecule has 0 amide bonds. The zero-order chi connectivity index (χ0) is 13.9. The summed E-state index contributed by atoms with van der Waals surface area (Å²) in [4.78, 5) is 20.7. The highest BCUT2D eigenvalue weighted by molar-refractivity contribution is 6.27. The van der Waals surface area contributed by atoms with Crippen molar-refractivity contribution in [2.24, 2.45) is 0 Å². The van der Waals surface area contributed by atoms with Gasteiger partial charge in [0.05, 0.1) is 6.20 Å². The van der Waals surface area contributed by atoms with Crippen LogP contribution in [0.5, 0.6) is 0 Å². The third kappa shape index (κ3) is 2.93. The highest BCUT2D eigenvalue weighted by atomic mass is 16.5. The molecule has 1 aromatic rings. The zero-order valence-corrected chi connectivity index (χ0v) is 10.4. The van der Waals surface area contributed by atoms with Crippen molar-refractivity contribution in [2.75, 3.05) is 19.6 Å². The van der Waals surface area contributed by atoms with Crippen molar-refractivity contribution < 1.29 is 24.3 Å². The minimum Gasteiger partial charge on any atom is -0.473 e. The minimum atomic E-state index is -1.82. The molecule has 7 nitrogen and oxygen atoms in total. The Bertz CT molecular complexity index is 443. The molecule has 1 aromatic heterocycles. The van der Waals surface area contributed by atoms with Gasteiger partial charge < -0.3 is 19.6 Å². The van der Waals surface area contributed by atoms with Crippen molar-refractivity contribution in [3.05, 3.63) is 18.0 Å². The zero-order valence-electron chi connectivity index (χ0n) is 10.4. The number of carboxylic acids is 2. The molecule has 104 valence electrons. The molecule has 0 radical (unpaired) electrons. The van der Waals surface area contributed by atoms with Gasteiger partial charge in [-0.15, -0.1) is 0 Å². The number of carbonyl (C=O) groups is 2. The fraction of sp³-hybridized carbons (Fsp3) is 0.583. The van der Waals surface area contributed by atoms with Crippen LogP contribution in [0.1, 0.15) is 25.0 Å². The van der Waals surface area contributed by atoms with E-state index in [1.807, 2.05) is 6.07 Å². The molecule has 2 saturated heterocycles. The molecular weight excluding hydrogens is 252 g/mol. The molecule has 2 atom stereocenters. The SMILES string of the molecule is O=C(O)C(=O)O.c1cc(C23CCCN(CC2)C3)on1. The Labute approximate surface area is 109 Å². The van der Waals surface area contributed by atoms with E-state index in [4.69, 9.17) is 24.3 Å². The van der Waals surface area contributed by atoms with Gasteiger partial charge in [-0.05, 0) is 32.4 Å². The van der Waals surface area contributed by atoms with Crippen LogP contribution in [0.4, 0.5) is 0 Å². The number of carboxylic acid groups (broad SMARTS) is 2. The Morgan fingerprint density at radius 1 is 1.26 bits per heavy atom. The summed E-state index contributed by atoms with van der Waals surface area (Å²) < 4.78 is 5.32. The number of nitrogens with zero attached hydrogens (tertiary/aromatic N) is 2. The molecule has 0 saturated carbocycles. The molecule has 3 heterocycles. The number of piperidine rings is 1. The van der Waals surface area contributed by atoms with E-state index in [1.165, 1.54) is 38.9 Å². The van der Waals surface area contributed by atoms with Crippen LogP contribution in [0.2, 0.25) is 0 Å². The summed E-state index contributed by atoms with van der Waals surface area (Å²) in [6.07, 6.45) is 5.60. The number of rotatable bonds is 1. The molecule has 2 unspecified atom stereocenters. The summed E-state index contributed by atoms with van der Waals surface area (Å²) in [6.45, 7) is 3.69. The van der Waals surface area contributed by atoms with Gasteiger partial charge in [-0.1, -0.05) is 5.16 Å². The van der Waals surface area contributed by atoms with Gasteiger partial charge in [0.1, 0.15) is 5.76 Å². The molecule has 2 N–H and O–H groups in total. The predicted molar refractivity (Wildman–Crippen MR) is 63.7 cm³/mol. The lowest BCUT2D eigenvalue weighted by Crippen LogP contribution is -2.36. The number of fused-ring (bicyclic) bond motifs is 2. The topological polar surface area (TPSA) is 104 Å².